The van der Waals surface area contributed by atoms with Crippen molar-refractivity contribution in [2.45, 2.75) is 31.7 Å². The Morgan fingerprint density at radius 3 is 2.83 bits per heavy atom. The third kappa shape index (κ3) is 4.10. The fraction of sp³-hybridized carbons (Fsp3) is 0.368. The van der Waals surface area contributed by atoms with Gasteiger partial charge in [0.05, 0.1) is 0 Å². The summed E-state index contributed by atoms with van der Waals surface area (Å²) < 4.78 is 18.9. The third-order valence-electron chi connectivity index (χ3n) is 4.40. The van der Waals surface area contributed by atoms with Crippen LogP contribution in [-0.2, 0) is 11.2 Å². The summed E-state index contributed by atoms with van der Waals surface area (Å²) in [5.41, 5.74) is 1.23. The number of rotatable bonds is 6. The molecule has 0 N–H and O–H groups in total. The molecule has 0 bridgehead atoms. The van der Waals surface area contributed by atoms with Gasteiger partial charge in [-0.05, 0) is 55.5 Å². The molecule has 1 saturated heterocycles. The molecule has 1 atom stereocenters. The van der Waals surface area contributed by atoms with Crippen LogP contribution in [0.1, 0.15) is 24.8 Å². The van der Waals surface area contributed by atoms with Crippen molar-refractivity contribution < 1.29 is 13.9 Å². The van der Waals surface area contributed by atoms with Crippen molar-refractivity contribution in [2.24, 2.45) is 0 Å². The molecular formula is C19H21FN2O2. The van der Waals surface area contributed by atoms with Gasteiger partial charge in [0.25, 0.3) is 5.91 Å². The molecule has 0 radical (unpaired) electrons. The number of aromatic nitrogens is 1. The van der Waals surface area contributed by atoms with Crippen LogP contribution in [0.3, 0.4) is 0 Å². The van der Waals surface area contributed by atoms with E-state index in [4.69, 9.17) is 4.74 Å². The SMILES string of the molecule is O=C(COc1ccccc1F)N1CCCC1CCc1ccncc1. The van der Waals surface area contributed by atoms with E-state index in [1.165, 1.54) is 17.7 Å². The number of halogens is 1. The second kappa shape index (κ2) is 7.90. The van der Waals surface area contributed by atoms with Crippen molar-refractivity contribution in [2.75, 3.05) is 13.2 Å². The molecule has 2 heterocycles. The quantitative estimate of drug-likeness (QED) is 0.818. The van der Waals surface area contributed by atoms with E-state index in [1.807, 2.05) is 17.0 Å². The first kappa shape index (κ1) is 16.4. The zero-order chi connectivity index (χ0) is 16.8. The van der Waals surface area contributed by atoms with Crippen LogP contribution in [0.15, 0.2) is 48.8 Å². The Kier molecular flexibility index (Phi) is 5.41. The van der Waals surface area contributed by atoms with Crippen LogP contribution >= 0.6 is 0 Å². The summed E-state index contributed by atoms with van der Waals surface area (Å²) in [4.78, 5) is 18.3. The van der Waals surface area contributed by atoms with Gasteiger partial charge in [-0.25, -0.2) is 4.39 Å². The maximum Gasteiger partial charge on any atom is 0.260 e. The summed E-state index contributed by atoms with van der Waals surface area (Å²) >= 11 is 0. The number of hydrogen-bond acceptors (Lipinski definition) is 3. The summed E-state index contributed by atoms with van der Waals surface area (Å²) in [5, 5.41) is 0. The Hall–Kier alpha value is -2.43. The molecule has 1 amide bonds. The normalized spacial score (nSPS) is 17.0. The van der Waals surface area contributed by atoms with E-state index in [1.54, 1.807) is 24.5 Å². The van der Waals surface area contributed by atoms with Crippen LogP contribution in [0.25, 0.3) is 0 Å². The molecule has 5 heteroatoms. The van der Waals surface area contributed by atoms with Crippen molar-refractivity contribution in [3.8, 4) is 5.75 Å². The monoisotopic (exact) mass is 328 g/mol. The highest BCUT2D eigenvalue weighted by molar-refractivity contribution is 5.78. The molecule has 1 aromatic carbocycles. The molecule has 0 spiro atoms. The second-order valence-corrected chi connectivity index (χ2v) is 6.00. The van der Waals surface area contributed by atoms with Crippen LogP contribution in [0.5, 0.6) is 5.75 Å². The minimum absolute atomic E-state index is 0.0736. The summed E-state index contributed by atoms with van der Waals surface area (Å²) in [7, 11) is 0. The molecule has 3 rings (SSSR count). The molecule has 2 aromatic rings. The third-order valence-corrected chi connectivity index (χ3v) is 4.40. The van der Waals surface area contributed by atoms with Crippen LogP contribution in [-0.4, -0.2) is 35.0 Å². The highest BCUT2D eigenvalue weighted by Crippen LogP contribution is 2.22. The fourth-order valence-electron chi connectivity index (χ4n) is 3.13. The van der Waals surface area contributed by atoms with Gasteiger partial charge in [-0.3, -0.25) is 9.78 Å². The number of benzene rings is 1. The van der Waals surface area contributed by atoms with Gasteiger partial charge in [-0.2, -0.15) is 0 Å². The Morgan fingerprint density at radius 2 is 2.04 bits per heavy atom. The van der Waals surface area contributed by atoms with E-state index in [0.717, 1.165) is 32.2 Å². The van der Waals surface area contributed by atoms with Gasteiger partial charge >= 0.3 is 0 Å². The number of aryl methyl sites for hydroxylation is 1. The molecule has 24 heavy (non-hydrogen) atoms. The van der Waals surface area contributed by atoms with Crippen LogP contribution < -0.4 is 4.74 Å². The first-order chi connectivity index (χ1) is 11.7. The van der Waals surface area contributed by atoms with Crippen molar-refractivity contribution in [3.05, 3.63) is 60.2 Å². The summed E-state index contributed by atoms with van der Waals surface area (Å²) in [6.07, 6.45) is 7.44. The number of ether oxygens (including phenoxy) is 1. The predicted molar refractivity (Wildman–Crippen MR) is 89.2 cm³/mol. The van der Waals surface area contributed by atoms with Gasteiger partial charge in [0.2, 0.25) is 0 Å². The minimum Gasteiger partial charge on any atom is -0.481 e. The second-order valence-electron chi connectivity index (χ2n) is 6.00. The summed E-state index contributed by atoms with van der Waals surface area (Å²) in [5.74, 6) is -0.394. The highest BCUT2D eigenvalue weighted by Gasteiger charge is 2.28. The van der Waals surface area contributed by atoms with Crippen molar-refractivity contribution in [1.82, 2.24) is 9.88 Å². The molecule has 0 aliphatic carbocycles. The lowest BCUT2D eigenvalue weighted by Crippen LogP contribution is -2.39. The zero-order valence-corrected chi connectivity index (χ0v) is 13.5. The number of pyridine rings is 1. The van der Waals surface area contributed by atoms with Crippen molar-refractivity contribution >= 4 is 5.91 Å². The number of para-hydroxylation sites is 1. The maximum atomic E-state index is 13.5. The van der Waals surface area contributed by atoms with E-state index in [9.17, 15) is 9.18 Å². The molecule has 0 saturated carbocycles. The molecule has 1 aliphatic rings. The molecule has 1 fully saturated rings. The molecule has 1 aliphatic heterocycles. The smallest absolute Gasteiger partial charge is 0.260 e. The average Bonchev–Trinajstić information content (AvgIpc) is 3.08. The summed E-state index contributed by atoms with van der Waals surface area (Å²) in [6.45, 7) is 0.632. The number of carbonyl (C=O) groups is 1. The Morgan fingerprint density at radius 1 is 1.25 bits per heavy atom. The molecule has 1 unspecified atom stereocenters. The Balaban J connectivity index is 1.52. The predicted octanol–water partition coefficient (Wildman–Crippen LogP) is 3.22. The van der Waals surface area contributed by atoms with Crippen molar-refractivity contribution in [1.29, 1.82) is 0 Å². The number of nitrogens with zero attached hydrogens (tertiary/aromatic N) is 2. The topological polar surface area (TPSA) is 42.4 Å². The van der Waals surface area contributed by atoms with E-state index in [0.29, 0.717) is 0 Å². The Bertz CT molecular complexity index is 678. The van der Waals surface area contributed by atoms with Crippen LogP contribution in [0, 0.1) is 5.82 Å². The largest absolute Gasteiger partial charge is 0.481 e. The van der Waals surface area contributed by atoms with Gasteiger partial charge in [-0.1, -0.05) is 12.1 Å². The number of amides is 1. The van der Waals surface area contributed by atoms with Gasteiger partial charge in [-0.15, -0.1) is 0 Å². The van der Waals surface area contributed by atoms with E-state index in [2.05, 4.69) is 4.98 Å². The van der Waals surface area contributed by atoms with Crippen LogP contribution in [0.4, 0.5) is 4.39 Å². The zero-order valence-electron chi connectivity index (χ0n) is 13.5. The van der Waals surface area contributed by atoms with E-state index >= 15 is 0 Å². The standard InChI is InChI=1S/C19H21FN2O2/c20-17-5-1-2-6-18(17)24-14-19(23)22-13-3-4-16(22)8-7-15-9-11-21-12-10-15/h1-2,5-6,9-12,16H,3-4,7-8,13-14H2. The number of hydrogen-bond donors (Lipinski definition) is 0. The van der Waals surface area contributed by atoms with Gasteiger partial charge in [0, 0.05) is 25.0 Å². The number of likely N-dealkylation sites (tertiary alicyclic amines) is 1. The van der Waals surface area contributed by atoms with Crippen molar-refractivity contribution in [3.63, 3.8) is 0 Å². The minimum atomic E-state index is -0.444. The molecule has 126 valence electrons. The fourth-order valence-corrected chi connectivity index (χ4v) is 3.13. The number of carbonyl (C=O) groups excluding carboxylic acids is 1. The van der Waals surface area contributed by atoms with Crippen LogP contribution in [0.2, 0.25) is 0 Å². The van der Waals surface area contributed by atoms with Gasteiger partial charge < -0.3 is 9.64 Å². The Labute approximate surface area is 141 Å². The highest BCUT2D eigenvalue weighted by atomic mass is 19.1. The van der Waals surface area contributed by atoms with Gasteiger partial charge in [0.1, 0.15) is 0 Å². The summed E-state index contributed by atoms with van der Waals surface area (Å²) in [6, 6.07) is 10.4. The molecule has 1 aromatic heterocycles. The molecular weight excluding hydrogens is 307 g/mol. The average molecular weight is 328 g/mol. The lowest BCUT2D eigenvalue weighted by molar-refractivity contribution is -0.134. The maximum absolute atomic E-state index is 13.5. The lowest BCUT2D eigenvalue weighted by atomic mass is 10.0. The molecule has 4 nitrogen and oxygen atoms in total. The first-order valence-electron chi connectivity index (χ1n) is 8.30. The lowest BCUT2D eigenvalue weighted by Gasteiger charge is -2.25. The van der Waals surface area contributed by atoms with E-state index < -0.39 is 5.82 Å². The van der Waals surface area contributed by atoms with Gasteiger partial charge in [0.15, 0.2) is 18.2 Å². The first-order valence-corrected chi connectivity index (χ1v) is 8.30. The van der Waals surface area contributed by atoms with E-state index in [-0.39, 0.29) is 24.3 Å².